The van der Waals surface area contributed by atoms with Gasteiger partial charge in [-0.3, -0.25) is 4.98 Å². The molecule has 0 bridgehead atoms. The fraction of sp³-hybridized carbons (Fsp3) is 0.481. The van der Waals surface area contributed by atoms with Gasteiger partial charge in [-0.15, -0.1) is 0 Å². The molecule has 17 nitrogen and oxygen atoms in total. The molecule has 0 amide bonds. The van der Waals surface area contributed by atoms with Gasteiger partial charge in [0.05, 0.1) is 23.7 Å². The number of benzene rings is 2. The monoisotopic (exact) mass is 987 g/mol. The van der Waals surface area contributed by atoms with Crippen LogP contribution in [-0.2, 0) is 63.7 Å². The number of esters is 5. The zero-order chi connectivity index (χ0) is 53.2. The van der Waals surface area contributed by atoms with Gasteiger partial charge in [-0.05, 0) is 103 Å². The van der Waals surface area contributed by atoms with E-state index < -0.39 is 73.4 Å². The molecule has 3 aromatic rings. The van der Waals surface area contributed by atoms with Crippen molar-refractivity contribution in [3.63, 3.8) is 0 Å². The molecule has 2 aliphatic rings. The number of hydrogen-bond acceptors (Lipinski definition) is 16. The molecule has 0 saturated heterocycles. The van der Waals surface area contributed by atoms with Crippen LogP contribution in [0.2, 0.25) is 0 Å². The Morgan fingerprint density at radius 1 is 0.620 bits per heavy atom. The first kappa shape index (κ1) is 62.0. The normalized spacial score (nSPS) is 13.7. The van der Waals surface area contributed by atoms with Crippen molar-refractivity contribution in [1.82, 2.24) is 4.98 Å². The maximum Gasteiger partial charge on any atom is 0.345 e. The van der Waals surface area contributed by atoms with E-state index >= 15 is 0 Å². The Hall–Kier alpha value is -6.97. The van der Waals surface area contributed by atoms with Crippen molar-refractivity contribution in [3.05, 3.63) is 121 Å². The van der Waals surface area contributed by atoms with Gasteiger partial charge in [0, 0.05) is 43.3 Å². The molecular weight excluding hydrogens is 913 g/mol. The van der Waals surface area contributed by atoms with Crippen molar-refractivity contribution in [2.45, 2.75) is 129 Å². The van der Waals surface area contributed by atoms with Crippen molar-refractivity contribution >= 4 is 47.5 Å². The largest absolute Gasteiger partial charge is 0.479 e. The van der Waals surface area contributed by atoms with E-state index in [1.807, 2.05) is 119 Å². The number of carbonyl (C=O) groups is 6. The lowest BCUT2D eigenvalue weighted by Gasteiger charge is -2.37. The average Bonchev–Trinajstić information content (AvgIpc) is 3.35. The summed E-state index contributed by atoms with van der Waals surface area (Å²) in [7, 11) is 4.02. The van der Waals surface area contributed by atoms with Crippen molar-refractivity contribution in [2.24, 2.45) is 9.98 Å². The SMILES string of the molecule is C=C(C)C(=O)OCC(=O)OCC(=O)O.C=C(C)C(=O)OCC(=O)OCC(=O)OC1(c2ccccc2)CCCCC1.CC(C)N=C=NC(C)C.CN(C)c1ccncc1.OC1(c2ccccc2)CCCCC1. The van der Waals surface area contributed by atoms with Crippen LogP contribution in [0, 0.1) is 0 Å². The van der Waals surface area contributed by atoms with Crippen LogP contribution < -0.4 is 4.90 Å². The molecular formula is C54H74N4O13. The molecule has 2 fully saturated rings. The van der Waals surface area contributed by atoms with Crippen LogP contribution in [0.25, 0.3) is 0 Å². The molecule has 0 unspecified atom stereocenters. The predicted octanol–water partition coefficient (Wildman–Crippen LogP) is 8.75. The third-order valence-electron chi connectivity index (χ3n) is 10.1. The number of aliphatic carboxylic acids is 1. The van der Waals surface area contributed by atoms with Crippen molar-refractivity contribution < 1.29 is 62.7 Å². The molecule has 0 aliphatic heterocycles. The van der Waals surface area contributed by atoms with E-state index in [0.29, 0.717) is 12.1 Å². The highest BCUT2D eigenvalue weighted by molar-refractivity contribution is 5.89. The number of aliphatic imine (C=N–C) groups is 2. The summed E-state index contributed by atoms with van der Waals surface area (Å²) in [6.07, 6.45) is 13.6. The number of hydrogen-bond donors (Lipinski definition) is 2. The molecule has 0 spiro atoms. The van der Waals surface area contributed by atoms with Crippen LogP contribution in [0.15, 0.2) is 119 Å². The van der Waals surface area contributed by atoms with E-state index in [0.717, 1.165) is 68.9 Å². The topological polar surface area (TPSA) is 230 Å². The second kappa shape index (κ2) is 34.3. The third-order valence-corrected chi connectivity index (χ3v) is 10.1. The minimum Gasteiger partial charge on any atom is -0.479 e. The number of anilines is 1. The first-order valence-electron chi connectivity index (χ1n) is 23.6. The van der Waals surface area contributed by atoms with Gasteiger partial charge in [-0.25, -0.2) is 38.8 Å². The summed E-state index contributed by atoms with van der Waals surface area (Å²) in [6, 6.07) is 26.9. The number of nitrogens with zero attached hydrogens (tertiary/aromatic N) is 4. The van der Waals surface area contributed by atoms with Crippen molar-refractivity contribution in [2.75, 3.05) is 45.4 Å². The van der Waals surface area contributed by atoms with Crippen LogP contribution in [0.1, 0.15) is 117 Å². The summed E-state index contributed by atoms with van der Waals surface area (Å²) >= 11 is 0. The molecule has 71 heavy (non-hydrogen) atoms. The summed E-state index contributed by atoms with van der Waals surface area (Å²) < 4.78 is 23.8. The lowest BCUT2D eigenvalue weighted by Crippen LogP contribution is -2.36. The van der Waals surface area contributed by atoms with Gasteiger partial charge in [0.15, 0.2) is 26.4 Å². The first-order chi connectivity index (χ1) is 33.6. The zero-order valence-electron chi connectivity index (χ0n) is 42.7. The van der Waals surface area contributed by atoms with E-state index in [1.54, 1.807) is 12.4 Å². The smallest absolute Gasteiger partial charge is 0.345 e. The maximum absolute atomic E-state index is 12.2. The summed E-state index contributed by atoms with van der Waals surface area (Å²) in [5, 5.41) is 18.5. The Morgan fingerprint density at radius 2 is 1.03 bits per heavy atom. The number of pyridine rings is 1. The molecule has 2 saturated carbocycles. The molecule has 1 aromatic heterocycles. The second-order valence-corrected chi connectivity index (χ2v) is 17.4. The minimum absolute atomic E-state index is 0.149. The average molecular weight is 987 g/mol. The minimum atomic E-state index is -1.27. The molecule has 5 rings (SSSR count). The molecule has 1 heterocycles. The van der Waals surface area contributed by atoms with Gasteiger partial charge < -0.3 is 38.8 Å². The number of carboxylic acids is 1. The highest BCUT2D eigenvalue weighted by atomic mass is 16.6. The lowest BCUT2D eigenvalue weighted by atomic mass is 9.79. The molecule has 2 aromatic carbocycles. The molecule has 17 heteroatoms. The quantitative estimate of drug-likeness (QED) is 0.0591. The number of aliphatic hydroxyl groups is 1. The summed E-state index contributed by atoms with van der Waals surface area (Å²) in [5.74, 6) is -5.03. The van der Waals surface area contributed by atoms with E-state index in [4.69, 9.17) is 14.6 Å². The Balaban J connectivity index is 0.000000477. The van der Waals surface area contributed by atoms with Gasteiger partial charge in [0.1, 0.15) is 5.60 Å². The van der Waals surface area contributed by atoms with Crippen molar-refractivity contribution in [3.8, 4) is 0 Å². The summed E-state index contributed by atoms with van der Waals surface area (Å²) in [6.45, 7) is 15.2. The van der Waals surface area contributed by atoms with E-state index in [2.05, 4.69) is 48.3 Å². The van der Waals surface area contributed by atoms with E-state index in [9.17, 15) is 33.9 Å². The van der Waals surface area contributed by atoms with Crippen LogP contribution in [-0.4, -0.2) is 110 Å². The predicted molar refractivity (Wildman–Crippen MR) is 271 cm³/mol. The van der Waals surface area contributed by atoms with Crippen LogP contribution in [0.3, 0.4) is 0 Å². The molecule has 388 valence electrons. The zero-order valence-corrected chi connectivity index (χ0v) is 42.7. The number of rotatable bonds is 16. The number of carbonyl (C=O) groups excluding carboxylic acids is 5. The Morgan fingerprint density at radius 3 is 1.42 bits per heavy atom. The third kappa shape index (κ3) is 27.7. The Labute approximate surface area is 419 Å². The second-order valence-electron chi connectivity index (χ2n) is 17.4. The lowest BCUT2D eigenvalue weighted by molar-refractivity contribution is -0.176. The number of aromatic nitrogens is 1. The summed E-state index contributed by atoms with van der Waals surface area (Å²) in [4.78, 5) is 80.2. The highest BCUT2D eigenvalue weighted by Gasteiger charge is 2.38. The van der Waals surface area contributed by atoms with Gasteiger partial charge in [0.2, 0.25) is 0 Å². The van der Waals surface area contributed by atoms with Crippen molar-refractivity contribution in [1.29, 1.82) is 0 Å². The molecule has 2 N–H and O–H groups in total. The van der Waals surface area contributed by atoms with Gasteiger partial charge in [-0.1, -0.05) is 99.5 Å². The summed E-state index contributed by atoms with van der Waals surface area (Å²) in [5.41, 5.74) is 2.36. The molecule has 0 atom stereocenters. The fourth-order valence-electron chi connectivity index (χ4n) is 6.50. The first-order valence-corrected chi connectivity index (χ1v) is 23.6. The van der Waals surface area contributed by atoms with Gasteiger partial charge >= 0.3 is 35.8 Å². The fourth-order valence-corrected chi connectivity index (χ4v) is 6.50. The van der Waals surface area contributed by atoms with Gasteiger partial charge in [0.25, 0.3) is 0 Å². The Bertz CT molecular complexity index is 2150. The standard InChI is InChI=1S/C20H24O6.C12H16O.C8H10O6.C7H10N2.C7H14N2/c1-15(2)19(23)25-13-17(21)24-14-18(22)26-20(11-7-4-8-12-20)16-9-5-3-6-10-16;13-12(9-5-2-6-10-12)11-7-3-1-4-8-11;1-5(2)8(12)14-4-7(11)13-3-6(9)10;1-9(2)7-3-5-8-6-4-7;1-6(2)8-5-9-7(3)4/h3,5-6,9-10H,1,4,7-8,11-14H2,2H3;1,3-4,7-8,13H,2,5-6,9-10H2;1,3-4H2,2H3,(H,9,10);3-6H,1-2H3;6-7H,1-4H3. The van der Waals surface area contributed by atoms with Gasteiger partial charge in [-0.2, -0.15) is 0 Å². The van der Waals surface area contributed by atoms with E-state index in [1.165, 1.54) is 26.0 Å². The van der Waals surface area contributed by atoms with Crippen LogP contribution in [0.4, 0.5) is 5.69 Å². The number of carboxylic acid groups (broad SMARTS) is 1. The number of ether oxygens (including phenoxy) is 5. The Kier molecular flexibility index (Phi) is 30.0. The van der Waals surface area contributed by atoms with Crippen LogP contribution in [0.5, 0.6) is 0 Å². The van der Waals surface area contributed by atoms with Crippen LogP contribution >= 0.6 is 0 Å². The molecule has 2 aliphatic carbocycles. The highest BCUT2D eigenvalue weighted by Crippen LogP contribution is 2.40. The maximum atomic E-state index is 12.2. The molecule has 0 radical (unpaired) electrons. The van der Waals surface area contributed by atoms with E-state index in [-0.39, 0.29) is 11.1 Å².